The van der Waals surface area contributed by atoms with Gasteiger partial charge in [-0.3, -0.25) is 0 Å². The van der Waals surface area contributed by atoms with Crippen molar-refractivity contribution >= 4 is 11.4 Å². The van der Waals surface area contributed by atoms with E-state index in [1.54, 1.807) is 0 Å². The van der Waals surface area contributed by atoms with E-state index in [1.807, 2.05) is 12.1 Å². The van der Waals surface area contributed by atoms with Crippen LogP contribution >= 0.6 is 0 Å². The van der Waals surface area contributed by atoms with E-state index in [4.69, 9.17) is 0 Å². The van der Waals surface area contributed by atoms with E-state index in [0.717, 1.165) is 22.5 Å². The van der Waals surface area contributed by atoms with Gasteiger partial charge in [0.05, 0.1) is 5.41 Å². The third-order valence-electron chi connectivity index (χ3n) is 12.0. The Labute approximate surface area is 331 Å². The second-order valence-electron chi connectivity index (χ2n) is 15.8. The standard InChI is InChI=1S/C28H22.C27H23N/c1-5-6-10-24-20(4)21-9-7-8-11-25(21)28(24)26-16-18(2)12-14-22(26)23-15-13-19(3)17-27(23)28;1-27(2)25-11-7-6-10-23(25)24-17-16-22(18-26(24)27)28-21-14-12-20(13-15-21)19-8-4-3-5-9-19/h5-6,8,10-17H,4H2,1-3H3;3-18,28H,1-2H3/b6-5-,24-10+;. The minimum Gasteiger partial charge on any atom is -0.356 e. The Bertz CT molecular complexity index is 2730. The van der Waals surface area contributed by atoms with Crippen LogP contribution in [-0.2, 0) is 10.8 Å². The first-order valence-electron chi connectivity index (χ1n) is 19.6. The first-order chi connectivity index (χ1) is 27.2. The highest BCUT2D eigenvalue weighted by atomic mass is 14.9. The molecule has 0 saturated heterocycles. The Balaban J connectivity index is 0.000000146. The van der Waals surface area contributed by atoms with Crippen LogP contribution in [0.4, 0.5) is 11.4 Å². The molecular weight excluding hydrogens is 675 g/mol. The maximum atomic E-state index is 4.49. The molecule has 0 amide bonds. The van der Waals surface area contributed by atoms with Gasteiger partial charge in [0, 0.05) is 22.4 Å². The van der Waals surface area contributed by atoms with Crippen LogP contribution in [-0.4, -0.2) is 0 Å². The van der Waals surface area contributed by atoms with Crippen LogP contribution < -0.4 is 5.32 Å². The van der Waals surface area contributed by atoms with Gasteiger partial charge in [-0.05, 0) is 130 Å². The van der Waals surface area contributed by atoms with Gasteiger partial charge < -0.3 is 5.32 Å². The Morgan fingerprint density at radius 3 is 1.89 bits per heavy atom. The van der Waals surface area contributed by atoms with E-state index >= 15 is 0 Å². The summed E-state index contributed by atoms with van der Waals surface area (Å²) in [6, 6.07) is 48.3. The van der Waals surface area contributed by atoms with Gasteiger partial charge >= 0.3 is 0 Å². The molecule has 0 unspecified atom stereocenters. The van der Waals surface area contributed by atoms with E-state index in [9.17, 15) is 0 Å². The molecule has 1 fully saturated rings. The summed E-state index contributed by atoms with van der Waals surface area (Å²) in [5, 5.41) is 3.58. The van der Waals surface area contributed by atoms with Gasteiger partial charge in [0.25, 0.3) is 0 Å². The lowest BCUT2D eigenvalue weighted by Gasteiger charge is -2.31. The Kier molecular flexibility index (Phi) is 8.52. The number of benzene rings is 6. The maximum Gasteiger partial charge on any atom is 0.0732 e. The molecule has 1 heteroatoms. The minimum atomic E-state index is -0.333. The van der Waals surface area contributed by atoms with Gasteiger partial charge in [0.2, 0.25) is 0 Å². The number of nitrogens with one attached hydrogen (secondary N) is 1. The van der Waals surface area contributed by atoms with Gasteiger partial charge in [0.15, 0.2) is 0 Å². The predicted octanol–water partition coefficient (Wildman–Crippen LogP) is 14.2. The summed E-state index contributed by atoms with van der Waals surface area (Å²) in [5.74, 6) is 0. The first-order valence-corrected chi connectivity index (χ1v) is 19.6. The van der Waals surface area contributed by atoms with Crippen molar-refractivity contribution in [2.24, 2.45) is 0 Å². The molecule has 56 heavy (non-hydrogen) atoms. The smallest absolute Gasteiger partial charge is 0.0732 e. The molecule has 0 heterocycles. The molecule has 0 bridgehead atoms. The summed E-state index contributed by atoms with van der Waals surface area (Å²) >= 11 is 0. The predicted molar refractivity (Wildman–Crippen MR) is 237 cm³/mol. The number of allylic oxidation sites excluding steroid dienone is 9. The molecule has 270 valence electrons. The van der Waals surface area contributed by atoms with Gasteiger partial charge in [-0.25, -0.2) is 0 Å². The molecule has 1 N–H and O–H groups in total. The van der Waals surface area contributed by atoms with Gasteiger partial charge in [-0.15, -0.1) is 0 Å². The van der Waals surface area contributed by atoms with Gasteiger partial charge in [0.1, 0.15) is 0 Å². The maximum absolute atomic E-state index is 4.49. The highest BCUT2D eigenvalue weighted by molar-refractivity contribution is 5.93. The Hall–Kier alpha value is -6.62. The molecule has 1 spiro atoms. The summed E-state index contributed by atoms with van der Waals surface area (Å²) in [6.45, 7) is 15.5. The van der Waals surface area contributed by atoms with E-state index in [2.05, 4.69) is 210 Å². The molecular formula is C55H45N. The fraction of sp³-hybridized carbons (Fsp3) is 0.127. The second-order valence-corrected chi connectivity index (χ2v) is 15.8. The number of rotatable bonds is 4. The van der Waals surface area contributed by atoms with Crippen molar-refractivity contribution in [3.05, 3.63) is 238 Å². The van der Waals surface area contributed by atoms with Gasteiger partial charge in [-0.1, -0.05) is 170 Å². The zero-order valence-corrected chi connectivity index (χ0v) is 32.8. The molecule has 1 saturated carbocycles. The lowest BCUT2D eigenvalue weighted by Crippen LogP contribution is -2.26. The second kappa shape index (κ2) is 13.6. The molecule has 4 aliphatic carbocycles. The number of hydrogen-bond donors (Lipinski definition) is 1. The van der Waals surface area contributed by atoms with Crippen LogP contribution in [0.25, 0.3) is 33.4 Å². The topological polar surface area (TPSA) is 12.0 Å². The SMILES string of the molecule is C=C1C2=C=C=CC=C2C2(/C1=C/C=C\C)c1cc(C)ccc1-c1ccc(C)cc12.CC1(C)c2ccccc2-c2ccc(Nc3ccc(-c4ccccc4)cc3)cc21. The van der Waals surface area contributed by atoms with Crippen molar-refractivity contribution in [1.82, 2.24) is 0 Å². The summed E-state index contributed by atoms with van der Waals surface area (Å²) in [4.78, 5) is 0. The lowest BCUT2D eigenvalue weighted by atomic mass is 9.69. The first kappa shape index (κ1) is 35.1. The van der Waals surface area contributed by atoms with Crippen LogP contribution in [0.15, 0.2) is 204 Å². The number of fused-ring (bicyclic) bond motifs is 10. The highest BCUT2D eigenvalue weighted by Crippen LogP contribution is 2.64. The highest BCUT2D eigenvalue weighted by Gasteiger charge is 2.55. The molecule has 6 aromatic carbocycles. The molecule has 6 aromatic rings. The van der Waals surface area contributed by atoms with Crippen LogP contribution in [0.5, 0.6) is 0 Å². The zero-order valence-electron chi connectivity index (χ0n) is 32.8. The number of aryl methyl sites for hydroxylation is 2. The number of hydrogen-bond acceptors (Lipinski definition) is 1. The van der Waals surface area contributed by atoms with E-state index < -0.39 is 0 Å². The monoisotopic (exact) mass is 719 g/mol. The summed E-state index contributed by atoms with van der Waals surface area (Å²) < 4.78 is 0. The molecule has 0 radical (unpaired) electrons. The molecule has 1 nitrogen and oxygen atoms in total. The summed E-state index contributed by atoms with van der Waals surface area (Å²) in [7, 11) is 0. The molecule has 4 aliphatic rings. The van der Waals surface area contributed by atoms with Crippen LogP contribution in [0.1, 0.15) is 54.2 Å². The third-order valence-corrected chi connectivity index (χ3v) is 12.0. The van der Waals surface area contributed by atoms with Crippen molar-refractivity contribution in [1.29, 1.82) is 0 Å². The lowest BCUT2D eigenvalue weighted by molar-refractivity contribution is 0.660. The van der Waals surface area contributed by atoms with Crippen molar-refractivity contribution in [3.8, 4) is 33.4 Å². The Morgan fingerprint density at radius 1 is 0.607 bits per heavy atom. The van der Waals surface area contributed by atoms with E-state index in [-0.39, 0.29) is 10.8 Å². The van der Waals surface area contributed by atoms with Crippen molar-refractivity contribution in [2.75, 3.05) is 5.32 Å². The Morgan fingerprint density at radius 2 is 1.20 bits per heavy atom. The van der Waals surface area contributed by atoms with Crippen molar-refractivity contribution in [2.45, 2.75) is 45.4 Å². The van der Waals surface area contributed by atoms with E-state index in [1.165, 1.54) is 77.9 Å². The van der Waals surface area contributed by atoms with Crippen LogP contribution in [0.2, 0.25) is 0 Å². The molecule has 0 aromatic heterocycles. The third kappa shape index (κ3) is 5.48. The van der Waals surface area contributed by atoms with Crippen molar-refractivity contribution < 1.29 is 0 Å². The average Bonchev–Trinajstić information content (AvgIpc) is 3.74. The zero-order chi connectivity index (χ0) is 38.6. The van der Waals surface area contributed by atoms with Crippen molar-refractivity contribution in [3.63, 3.8) is 0 Å². The summed E-state index contributed by atoms with van der Waals surface area (Å²) in [6.07, 6.45) is 10.6. The van der Waals surface area contributed by atoms with Crippen LogP contribution in [0, 0.1) is 13.8 Å². The van der Waals surface area contributed by atoms with Crippen LogP contribution in [0.3, 0.4) is 0 Å². The minimum absolute atomic E-state index is 0.0286. The quantitative estimate of drug-likeness (QED) is 0.179. The normalized spacial score (nSPS) is 16.4. The molecule has 0 aliphatic heterocycles. The molecule has 10 rings (SSSR count). The van der Waals surface area contributed by atoms with Gasteiger partial charge in [-0.2, -0.15) is 0 Å². The molecule has 0 atom stereocenters. The number of anilines is 2. The fourth-order valence-corrected chi connectivity index (χ4v) is 9.32. The average molecular weight is 720 g/mol. The summed E-state index contributed by atoms with van der Waals surface area (Å²) in [5.41, 5.74) is 29.0. The fourth-order valence-electron chi connectivity index (χ4n) is 9.32. The largest absolute Gasteiger partial charge is 0.356 e. The van der Waals surface area contributed by atoms with E-state index in [0.29, 0.717) is 0 Å².